The Balaban J connectivity index is 2.75. The molecule has 2 rings (SSSR count). The van der Waals surface area contributed by atoms with Gasteiger partial charge >= 0.3 is 0 Å². The van der Waals surface area contributed by atoms with E-state index in [4.69, 9.17) is 0 Å². The maximum absolute atomic E-state index is 12.4. The Morgan fingerprint density at radius 2 is 2.08 bits per heavy atom. The highest BCUT2D eigenvalue weighted by atomic mass is 79.9. The van der Waals surface area contributed by atoms with Crippen molar-refractivity contribution in [2.75, 3.05) is 0 Å². The number of hydrogen-bond donors (Lipinski definition) is 1. The average Bonchev–Trinajstić information content (AvgIpc) is 2.48. The molecule has 0 saturated heterocycles. The molecule has 1 aromatic heterocycles. The largest absolute Gasteiger partial charge is 0.360 e. The lowest BCUT2D eigenvalue weighted by Crippen LogP contribution is -1.79. The summed E-state index contributed by atoms with van der Waals surface area (Å²) < 4.78 is 25.7. The molecule has 1 heterocycles. The second kappa shape index (κ2) is 3.10. The summed E-state index contributed by atoms with van der Waals surface area (Å²) >= 11 is 3.28. The van der Waals surface area contributed by atoms with Crippen molar-refractivity contribution < 1.29 is 8.78 Å². The molecule has 0 spiro atoms. The van der Waals surface area contributed by atoms with E-state index >= 15 is 0 Å². The number of benzene rings is 1. The van der Waals surface area contributed by atoms with E-state index in [1.165, 1.54) is 6.20 Å². The third-order valence-corrected chi connectivity index (χ3v) is 2.59. The number of halogens is 3. The fraction of sp³-hybridized carbons (Fsp3) is 0.111. The van der Waals surface area contributed by atoms with Crippen LogP contribution in [0.4, 0.5) is 8.78 Å². The smallest absolute Gasteiger partial charge is 0.265 e. The predicted molar refractivity (Wildman–Crippen MR) is 51.0 cm³/mol. The van der Waals surface area contributed by atoms with Crippen molar-refractivity contribution in [2.24, 2.45) is 0 Å². The van der Waals surface area contributed by atoms with Crippen LogP contribution in [0, 0.1) is 0 Å². The molecule has 0 atom stereocenters. The Hall–Kier alpha value is -0.900. The van der Waals surface area contributed by atoms with Crippen molar-refractivity contribution in [1.29, 1.82) is 0 Å². The van der Waals surface area contributed by atoms with Gasteiger partial charge in [0.05, 0.1) is 5.52 Å². The van der Waals surface area contributed by atoms with Gasteiger partial charge in [-0.15, -0.1) is 0 Å². The highest BCUT2D eigenvalue weighted by molar-refractivity contribution is 9.10. The maximum atomic E-state index is 12.4. The zero-order chi connectivity index (χ0) is 9.42. The van der Waals surface area contributed by atoms with Crippen molar-refractivity contribution in [3.8, 4) is 0 Å². The van der Waals surface area contributed by atoms with E-state index in [-0.39, 0.29) is 5.56 Å². The van der Waals surface area contributed by atoms with Crippen LogP contribution in [0.25, 0.3) is 10.9 Å². The average molecular weight is 246 g/mol. The maximum Gasteiger partial charge on any atom is 0.265 e. The number of H-pyrrole nitrogens is 1. The third-order valence-electron chi connectivity index (χ3n) is 1.93. The molecule has 0 radical (unpaired) electrons. The Morgan fingerprint density at radius 3 is 2.77 bits per heavy atom. The molecule has 1 aromatic carbocycles. The van der Waals surface area contributed by atoms with E-state index in [2.05, 4.69) is 20.9 Å². The minimum absolute atomic E-state index is 0.0521. The second-order valence-corrected chi connectivity index (χ2v) is 3.56. The summed E-state index contributed by atoms with van der Waals surface area (Å²) in [5.74, 6) is 0. The van der Waals surface area contributed by atoms with Gasteiger partial charge in [-0.25, -0.2) is 8.78 Å². The van der Waals surface area contributed by atoms with Gasteiger partial charge in [-0.05, 0) is 22.0 Å². The Labute approximate surface area is 81.9 Å². The zero-order valence-electron chi connectivity index (χ0n) is 6.52. The normalized spacial score (nSPS) is 11.4. The quantitative estimate of drug-likeness (QED) is 0.786. The summed E-state index contributed by atoms with van der Waals surface area (Å²) in [6.07, 6.45) is -1.08. The van der Waals surface area contributed by atoms with Gasteiger partial charge in [-0.3, -0.25) is 0 Å². The van der Waals surface area contributed by atoms with Crippen LogP contribution < -0.4 is 0 Å². The van der Waals surface area contributed by atoms with Crippen molar-refractivity contribution in [2.45, 2.75) is 6.43 Å². The van der Waals surface area contributed by atoms with E-state index in [0.717, 1.165) is 9.99 Å². The van der Waals surface area contributed by atoms with Gasteiger partial charge in [0.1, 0.15) is 0 Å². The highest BCUT2D eigenvalue weighted by Crippen LogP contribution is 2.30. The minimum atomic E-state index is -2.43. The predicted octanol–water partition coefficient (Wildman–Crippen LogP) is 3.87. The number of rotatable bonds is 1. The van der Waals surface area contributed by atoms with E-state index in [1.807, 2.05) is 6.07 Å². The van der Waals surface area contributed by atoms with Crippen LogP contribution in [0.15, 0.2) is 28.9 Å². The number of hydrogen-bond acceptors (Lipinski definition) is 0. The molecule has 0 amide bonds. The van der Waals surface area contributed by atoms with E-state index < -0.39 is 6.43 Å². The molecule has 1 nitrogen and oxygen atoms in total. The Morgan fingerprint density at radius 1 is 1.31 bits per heavy atom. The minimum Gasteiger partial charge on any atom is -0.360 e. The van der Waals surface area contributed by atoms with Gasteiger partial charge in [0.25, 0.3) is 6.43 Å². The van der Waals surface area contributed by atoms with E-state index in [1.54, 1.807) is 12.1 Å². The first-order chi connectivity index (χ1) is 6.20. The number of nitrogens with one attached hydrogen (secondary N) is 1. The molecule has 0 bridgehead atoms. The molecule has 0 aliphatic rings. The van der Waals surface area contributed by atoms with E-state index in [0.29, 0.717) is 5.39 Å². The number of fused-ring (bicyclic) bond motifs is 1. The summed E-state index contributed by atoms with van der Waals surface area (Å²) in [5, 5.41) is 0.573. The van der Waals surface area contributed by atoms with Crippen LogP contribution in [0.5, 0.6) is 0 Å². The van der Waals surface area contributed by atoms with Crippen molar-refractivity contribution in [3.05, 3.63) is 34.4 Å². The van der Waals surface area contributed by atoms with Gasteiger partial charge in [0.15, 0.2) is 0 Å². The Kier molecular flexibility index (Phi) is 2.07. The molecule has 0 fully saturated rings. The molecule has 1 N–H and O–H groups in total. The topological polar surface area (TPSA) is 15.8 Å². The Bertz CT molecular complexity index is 436. The highest BCUT2D eigenvalue weighted by Gasteiger charge is 2.13. The monoisotopic (exact) mass is 245 g/mol. The van der Waals surface area contributed by atoms with Crippen molar-refractivity contribution in [3.63, 3.8) is 0 Å². The molecule has 0 unspecified atom stereocenters. The third kappa shape index (κ3) is 1.35. The fourth-order valence-corrected chi connectivity index (χ4v) is 1.80. The molecule has 0 saturated carbocycles. The molecular formula is C9H6BrF2N. The lowest BCUT2D eigenvalue weighted by Gasteiger charge is -1.96. The summed E-state index contributed by atoms with van der Waals surface area (Å²) in [6.45, 7) is 0. The number of aromatic amines is 1. The van der Waals surface area contributed by atoms with Gasteiger partial charge in [-0.1, -0.05) is 12.1 Å². The van der Waals surface area contributed by atoms with E-state index in [9.17, 15) is 8.78 Å². The number of aromatic nitrogens is 1. The first-order valence-corrected chi connectivity index (χ1v) is 4.53. The lowest BCUT2D eigenvalue weighted by molar-refractivity contribution is 0.153. The molecule has 0 aliphatic heterocycles. The van der Waals surface area contributed by atoms with Crippen LogP contribution in [0.3, 0.4) is 0 Å². The summed E-state index contributed by atoms with van der Waals surface area (Å²) in [6, 6.07) is 5.23. The van der Waals surface area contributed by atoms with Gasteiger partial charge in [0, 0.05) is 21.6 Å². The van der Waals surface area contributed by atoms with Gasteiger partial charge in [-0.2, -0.15) is 0 Å². The molecule has 13 heavy (non-hydrogen) atoms. The second-order valence-electron chi connectivity index (χ2n) is 2.71. The van der Waals surface area contributed by atoms with Crippen LogP contribution in [-0.4, -0.2) is 4.98 Å². The first kappa shape index (κ1) is 8.69. The molecule has 0 aliphatic carbocycles. The summed E-state index contributed by atoms with van der Waals surface area (Å²) in [7, 11) is 0. The molecular weight excluding hydrogens is 240 g/mol. The summed E-state index contributed by atoms with van der Waals surface area (Å²) in [4.78, 5) is 2.81. The number of alkyl halides is 2. The van der Waals surface area contributed by atoms with Crippen LogP contribution >= 0.6 is 15.9 Å². The molecule has 68 valence electrons. The first-order valence-electron chi connectivity index (χ1n) is 3.74. The fourth-order valence-electron chi connectivity index (χ4n) is 1.32. The zero-order valence-corrected chi connectivity index (χ0v) is 8.11. The SMILES string of the molecule is FC(F)c1c[nH]c2c(Br)cccc12. The number of para-hydroxylation sites is 1. The van der Waals surface area contributed by atoms with Gasteiger partial charge in [0.2, 0.25) is 0 Å². The lowest BCUT2D eigenvalue weighted by atomic mass is 10.2. The molecule has 2 aromatic rings. The standard InChI is InChI=1S/C9H6BrF2N/c10-7-3-1-2-5-6(9(11)12)4-13-8(5)7/h1-4,9,13H. The van der Waals surface area contributed by atoms with Crippen LogP contribution in [0.2, 0.25) is 0 Å². The van der Waals surface area contributed by atoms with Crippen molar-refractivity contribution >= 4 is 26.8 Å². The summed E-state index contributed by atoms with van der Waals surface area (Å²) in [5.41, 5.74) is 0.772. The van der Waals surface area contributed by atoms with Crippen LogP contribution in [-0.2, 0) is 0 Å². The van der Waals surface area contributed by atoms with Gasteiger partial charge < -0.3 is 4.98 Å². The molecule has 4 heteroatoms. The van der Waals surface area contributed by atoms with Crippen LogP contribution in [0.1, 0.15) is 12.0 Å². The van der Waals surface area contributed by atoms with Crippen molar-refractivity contribution in [1.82, 2.24) is 4.98 Å².